The van der Waals surface area contributed by atoms with Gasteiger partial charge in [-0.1, -0.05) is 0 Å². The van der Waals surface area contributed by atoms with Crippen molar-refractivity contribution in [3.8, 4) is 0 Å². The molecular weight excluding hydrogens is 236 g/mol. The Morgan fingerprint density at radius 1 is 1.28 bits per heavy atom. The minimum absolute atomic E-state index is 0.135. The van der Waals surface area contributed by atoms with Crippen LogP contribution in [0.1, 0.15) is 40.0 Å². The first-order chi connectivity index (χ1) is 8.29. The van der Waals surface area contributed by atoms with Crippen LogP contribution >= 0.6 is 0 Å². The maximum absolute atomic E-state index is 11.9. The first-order valence-corrected chi connectivity index (χ1v) is 6.07. The molecule has 0 radical (unpaired) electrons. The van der Waals surface area contributed by atoms with E-state index in [2.05, 4.69) is 10.6 Å². The van der Waals surface area contributed by atoms with Crippen molar-refractivity contribution in [1.82, 2.24) is 10.6 Å². The molecule has 2 N–H and O–H groups in total. The highest BCUT2D eigenvalue weighted by atomic mass is 16.6. The highest BCUT2D eigenvalue weighted by Gasteiger charge is 2.46. The van der Waals surface area contributed by atoms with Crippen LogP contribution in [0.5, 0.6) is 0 Å². The van der Waals surface area contributed by atoms with Crippen LogP contribution in [-0.4, -0.2) is 37.0 Å². The molecule has 1 aliphatic rings. The van der Waals surface area contributed by atoms with Gasteiger partial charge in [0.1, 0.15) is 17.9 Å². The SMILES string of the molecule is COCNC(=O)C1(NC(=O)OC(C)(C)C)CCC1. The van der Waals surface area contributed by atoms with Crippen molar-refractivity contribution in [3.63, 3.8) is 0 Å². The van der Waals surface area contributed by atoms with Gasteiger partial charge in [-0.15, -0.1) is 0 Å². The van der Waals surface area contributed by atoms with E-state index in [0.29, 0.717) is 12.8 Å². The fraction of sp³-hybridized carbons (Fsp3) is 0.833. The lowest BCUT2D eigenvalue weighted by Gasteiger charge is -2.40. The zero-order valence-electron chi connectivity index (χ0n) is 11.5. The van der Waals surface area contributed by atoms with Gasteiger partial charge in [-0.2, -0.15) is 0 Å². The number of amides is 2. The van der Waals surface area contributed by atoms with Gasteiger partial charge in [-0.25, -0.2) is 4.79 Å². The molecule has 0 unspecified atom stereocenters. The zero-order valence-corrected chi connectivity index (χ0v) is 11.5. The zero-order chi connectivity index (χ0) is 13.8. The Morgan fingerprint density at radius 2 is 1.89 bits per heavy atom. The van der Waals surface area contributed by atoms with Crippen molar-refractivity contribution >= 4 is 12.0 Å². The second-order valence-corrected chi connectivity index (χ2v) is 5.50. The lowest BCUT2D eigenvalue weighted by Crippen LogP contribution is -2.63. The Morgan fingerprint density at radius 3 is 2.28 bits per heavy atom. The number of ether oxygens (including phenoxy) is 2. The van der Waals surface area contributed by atoms with E-state index in [1.54, 1.807) is 20.8 Å². The molecule has 1 saturated carbocycles. The molecule has 1 aliphatic carbocycles. The first-order valence-electron chi connectivity index (χ1n) is 6.07. The van der Waals surface area contributed by atoms with Gasteiger partial charge in [-0.05, 0) is 40.0 Å². The Hall–Kier alpha value is -1.30. The second-order valence-electron chi connectivity index (χ2n) is 5.50. The maximum atomic E-state index is 11.9. The molecule has 0 atom stereocenters. The minimum Gasteiger partial charge on any atom is -0.444 e. The molecule has 0 aromatic carbocycles. The van der Waals surface area contributed by atoms with Crippen molar-refractivity contribution in [1.29, 1.82) is 0 Å². The molecule has 2 amide bonds. The monoisotopic (exact) mass is 258 g/mol. The minimum atomic E-state index is -0.832. The highest BCUT2D eigenvalue weighted by Crippen LogP contribution is 2.32. The van der Waals surface area contributed by atoms with E-state index in [9.17, 15) is 9.59 Å². The molecule has 1 rings (SSSR count). The first kappa shape index (κ1) is 14.8. The normalized spacial score (nSPS) is 17.6. The van der Waals surface area contributed by atoms with E-state index in [-0.39, 0.29) is 12.6 Å². The summed E-state index contributed by atoms with van der Waals surface area (Å²) in [6, 6.07) is 0. The van der Waals surface area contributed by atoms with Crippen LogP contribution in [-0.2, 0) is 14.3 Å². The molecule has 18 heavy (non-hydrogen) atoms. The van der Waals surface area contributed by atoms with E-state index < -0.39 is 17.2 Å². The molecule has 0 aromatic heterocycles. The predicted octanol–water partition coefficient (Wildman–Crippen LogP) is 1.15. The van der Waals surface area contributed by atoms with Crippen LogP contribution < -0.4 is 10.6 Å². The van der Waals surface area contributed by atoms with Crippen molar-refractivity contribution in [3.05, 3.63) is 0 Å². The molecule has 0 aliphatic heterocycles. The van der Waals surface area contributed by atoms with Gasteiger partial charge in [0.2, 0.25) is 5.91 Å². The molecule has 0 bridgehead atoms. The summed E-state index contributed by atoms with van der Waals surface area (Å²) in [4.78, 5) is 23.6. The number of hydrogen-bond acceptors (Lipinski definition) is 4. The number of rotatable bonds is 4. The van der Waals surface area contributed by atoms with E-state index in [1.807, 2.05) is 0 Å². The largest absolute Gasteiger partial charge is 0.444 e. The summed E-state index contributed by atoms with van der Waals surface area (Å²) in [7, 11) is 1.50. The summed E-state index contributed by atoms with van der Waals surface area (Å²) >= 11 is 0. The second kappa shape index (κ2) is 5.56. The van der Waals surface area contributed by atoms with E-state index in [1.165, 1.54) is 7.11 Å². The Bertz CT molecular complexity index is 319. The molecule has 104 valence electrons. The average molecular weight is 258 g/mol. The van der Waals surface area contributed by atoms with Gasteiger partial charge in [-0.3, -0.25) is 4.79 Å². The van der Waals surface area contributed by atoms with E-state index in [4.69, 9.17) is 9.47 Å². The lowest BCUT2D eigenvalue weighted by atomic mass is 9.76. The summed E-state index contributed by atoms with van der Waals surface area (Å²) in [5.41, 5.74) is -1.40. The number of hydrogen-bond donors (Lipinski definition) is 2. The standard InChI is InChI=1S/C12H22N2O4/c1-11(2,3)18-10(16)14-12(6-5-7-12)9(15)13-8-17-4/h5-8H2,1-4H3,(H,13,15)(H,14,16). The maximum Gasteiger partial charge on any atom is 0.408 e. The van der Waals surface area contributed by atoms with Crippen molar-refractivity contribution < 1.29 is 19.1 Å². The molecule has 1 fully saturated rings. The summed E-state index contributed by atoms with van der Waals surface area (Å²) in [6.45, 7) is 5.48. The summed E-state index contributed by atoms with van der Waals surface area (Å²) in [6.07, 6.45) is 1.61. The highest BCUT2D eigenvalue weighted by molar-refractivity contribution is 5.90. The number of methoxy groups -OCH3 is 1. The number of carbonyl (C=O) groups excluding carboxylic acids is 2. The van der Waals surface area contributed by atoms with Gasteiger partial charge in [0.25, 0.3) is 0 Å². The summed E-state index contributed by atoms with van der Waals surface area (Å²) in [5, 5.41) is 5.28. The van der Waals surface area contributed by atoms with Crippen molar-refractivity contribution in [2.75, 3.05) is 13.8 Å². The van der Waals surface area contributed by atoms with Crippen LogP contribution in [0.4, 0.5) is 4.79 Å². The van der Waals surface area contributed by atoms with Gasteiger partial charge in [0.15, 0.2) is 0 Å². The van der Waals surface area contributed by atoms with Crippen LogP contribution in [0, 0.1) is 0 Å². The molecule has 6 nitrogen and oxygen atoms in total. The lowest BCUT2D eigenvalue weighted by molar-refractivity contribution is -0.132. The van der Waals surface area contributed by atoms with Crippen LogP contribution in [0.15, 0.2) is 0 Å². The Labute approximate surface area is 107 Å². The predicted molar refractivity (Wildman–Crippen MR) is 66.0 cm³/mol. The summed E-state index contributed by atoms with van der Waals surface area (Å²) < 4.78 is 9.95. The van der Waals surface area contributed by atoms with Crippen LogP contribution in [0.3, 0.4) is 0 Å². The average Bonchev–Trinajstić information content (AvgIpc) is 2.17. The molecule has 0 heterocycles. The fourth-order valence-corrected chi connectivity index (χ4v) is 1.75. The molecule has 0 aromatic rings. The van der Waals surface area contributed by atoms with Gasteiger partial charge in [0.05, 0.1) is 0 Å². The van der Waals surface area contributed by atoms with Crippen LogP contribution in [0.2, 0.25) is 0 Å². The molecular formula is C12H22N2O4. The smallest absolute Gasteiger partial charge is 0.408 e. The fourth-order valence-electron chi connectivity index (χ4n) is 1.75. The van der Waals surface area contributed by atoms with Crippen LogP contribution in [0.25, 0.3) is 0 Å². The van der Waals surface area contributed by atoms with Gasteiger partial charge >= 0.3 is 6.09 Å². The van der Waals surface area contributed by atoms with Gasteiger partial charge < -0.3 is 20.1 Å². The molecule has 0 spiro atoms. The van der Waals surface area contributed by atoms with E-state index in [0.717, 1.165) is 6.42 Å². The Balaban J connectivity index is 2.55. The number of nitrogens with one attached hydrogen (secondary N) is 2. The summed E-state index contributed by atoms with van der Waals surface area (Å²) in [5.74, 6) is -0.221. The van der Waals surface area contributed by atoms with Gasteiger partial charge in [0, 0.05) is 7.11 Å². The third-order valence-corrected chi connectivity index (χ3v) is 2.76. The molecule has 0 saturated heterocycles. The quantitative estimate of drug-likeness (QED) is 0.742. The number of alkyl carbamates (subject to hydrolysis) is 1. The third-order valence-electron chi connectivity index (χ3n) is 2.76. The molecule has 6 heteroatoms. The number of carbonyl (C=O) groups is 2. The Kier molecular flexibility index (Phi) is 4.56. The van der Waals surface area contributed by atoms with Crippen molar-refractivity contribution in [2.45, 2.75) is 51.2 Å². The van der Waals surface area contributed by atoms with E-state index >= 15 is 0 Å². The van der Waals surface area contributed by atoms with Crippen molar-refractivity contribution in [2.24, 2.45) is 0 Å². The third kappa shape index (κ3) is 3.87. The topological polar surface area (TPSA) is 76.7 Å².